The van der Waals surface area contributed by atoms with Crippen LogP contribution in [-0.4, -0.2) is 63.1 Å². The Bertz CT molecular complexity index is 506. The van der Waals surface area contributed by atoms with Gasteiger partial charge in [0.05, 0.1) is 36.8 Å². The number of morpholine rings is 1. The summed E-state index contributed by atoms with van der Waals surface area (Å²) in [7, 11) is 0. The maximum atomic E-state index is 12.8. The van der Waals surface area contributed by atoms with Gasteiger partial charge in [-0.2, -0.15) is 0 Å². The molecule has 0 bridgehead atoms. The van der Waals surface area contributed by atoms with Gasteiger partial charge >= 0.3 is 0 Å². The summed E-state index contributed by atoms with van der Waals surface area (Å²) >= 11 is 0. The summed E-state index contributed by atoms with van der Waals surface area (Å²) in [6.45, 7) is 10.1. The maximum Gasteiger partial charge on any atom is 0.240 e. The third-order valence-electron chi connectivity index (χ3n) is 4.43. The molecule has 1 amide bonds. The van der Waals surface area contributed by atoms with Crippen molar-refractivity contribution in [2.24, 2.45) is 0 Å². The molecular weight excluding hydrogens is 268 g/mol. The van der Waals surface area contributed by atoms with Crippen LogP contribution in [0.5, 0.6) is 0 Å². The van der Waals surface area contributed by atoms with Crippen LogP contribution in [0.25, 0.3) is 0 Å². The second kappa shape index (κ2) is 5.77. The number of fused-ring (bicyclic) bond motifs is 1. The number of rotatable bonds is 2. The van der Waals surface area contributed by atoms with Crippen LogP contribution < -0.4 is 0 Å². The van der Waals surface area contributed by atoms with E-state index in [-0.39, 0.29) is 24.2 Å². The second-order valence-corrected chi connectivity index (χ2v) is 6.23. The summed E-state index contributed by atoms with van der Waals surface area (Å²) in [6.07, 6.45) is 4.06. The molecule has 116 valence electrons. The van der Waals surface area contributed by atoms with Crippen LogP contribution >= 0.6 is 0 Å². The molecule has 3 atom stereocenters. The zero-order chi connectivity index (χ0) is 15.0. The van der Waals surface area contributed by atoms with Gasteiger partial charge in [0.15, 0.2) is 0 Å². The molecule has 1 saturated heterocycles. The van der Waals surface area contributed by atoms with Crippen molar-refractivity contribution in [3.63, 3.8) is 0 Å². The first-order chi connectivity index (χ1) is 10.0. The monoisotopic (exact) mass is 292 g/mol. The fourth-order valence-electron chi connectivity index (χ4n) is 3.33. The molecule has 21 heavy (non-hydrogen) atoms. The molecule has 0 spiro atoms. The maximum absolute atomic E-state index is 12.8. The molecule has 3 heterocycles. The SMILES string of the molecule is CC(C(=O)N1CCn2cncc2C1)N1C[C@@H](C)O[C@@H](C)C1. The normalized spacial score (nSPS) is 28.2. The molecule has 3 rings (SSSR count). The van der Waals surface area contributed by atoms with Crippen LogP contribution in [0, 0.1) is 0 Å². The molecule has 2 aliphatic rings. The van der Waals surface area contributed by atoms with E-state index in [1.807, 2.05) is 24.3 Å². The number of ether oxygens (including phenoxy) is 1. The molecular formula is C15H24N4O2. The number of amides is 1. The zero-order valence-corrected chi connectivity index (χ0v) is 13.0. The Hall–Kier alpha value is -1.40. The second-order valence-electron chi connectivity index (χ2n) is 6.23. The fraction of sp³-hybridized carbons (Fsp3) is 0.733. The van der Waals surface area contributed by atoms with Crippen LogP contribution in [0.15, 0.2) is 12.5 Å². The van der Waals surface area contributed by atoms with Gasteiger partial charge in [-0.15, -0.1) is 0 Å². The van der Waals surface area contributed by atoms with E-state index in [1.165, 1.54) is 0 Å². The highest BCUT2D eigenvalue weighted by Gasteiger charge is 2.32. The van der Waals surface area contributed by atoms with E-state index >= 15 is 0 Å². The van der Waals surface area contributed by atoms with Crippen molar-refractivity contribution >= 4 is 5.91 Å². The van der Waals surface area contributed by atoms with Gasteiger partial charge in [0.2, 0.25) is 5.91 Å². The lowest BCUT2D eigenvalue weighted by atomic mass is 10.1. The van der Waals surface area contributed by atoms with Gasteiger partial charge in [0.1, 0.15) is 0 Å². The molecule has 1 aromatic heterocycles. The summed E-state index contributed by atoms with van der Waals surface area (Å²) in [6, 6.07) is -0.0896. The van der Waals surface area contributed by atoms with Crippen molar-refractivity contribution in [2.75, 3.05) is 19.6 Å². The fourth-order valence-corrected chi connectivity index (χ4v) is 3.33. The number of hydrogen-bond acceptors (Lipinski definition) is 4. The first-order valence-electron chi connectivity index (χ1n) is 7.72. The number of nitrogens with zero attached hydrogens (tertiary/aromatic N) is 4. The van der Waals surface area contributed by atoms with Gasteiger partial charge in [-0.3, -0.25) is 9.69 Å². The van der Waals surface area contributed by atoms with Crippen molar-refractivity contribution in [1.82, 2.24) is 19.4 Å². The average Bonchev–Trinajstić information content (AvgIpc) is 2.92. The lowest BCUT2D eigenvalue weighted by Gasteiger charge is -2.40. The Labute approximate surface area is 125 Å². The molecule has 1 unspecified atom stereocenters. The Balaban J connectivity index is 1.65. The lowest BCUT2D eigenvalue weighted by molar-refractivity contribution is -0.143. The molecule has 1 fully saturated rings. The zero-order valence-electron chi connectivity index (χ0n) is 13.0. The largest absolute Gasteiger partial charge is 0.373 e. The van der Waals surface area contributed by atoms with Crippen LogP contribution in [0.1, 0.15) is 26.5 Å². The molecule has 0 saturated carbocycles. The van der Waals surface area contributed by atoms with Crippen molar-refractivity contribution in [1.29, 1.82) is 0 Å². The van der Waals surface area contributed by atoms with E-state index in [9.17, 15) is 4.79 Å². The van der Waals surface area contributed by atoms with E-state index < -0.39 is 0 Å². The third kappa shape index (κ3) is 2.96. The molecule has 0 radical (unpaired) electrons. The van der Waals surface area contributed by atoms with Crippen LogP contribution in [-0.2, 0) is 22.6 Å². The lowest BCUT2D eigenvalue weighted by Crippen LogP contribution is -2.55. The minimum absolute atomic E-state index is 0.0896. The van der Waals surface area contributed by atoms with E-state index in [4.69, 9.17) is 4.74 Å². The highest BCUT2D eigenvalue weighted by Crippen LogP contribution is 2.18. The minimum atomic E-state index is -0.0896. The number of hydrogen-bond donors (Lipinski definition) is 0. The number of carbonyl (C=O) groups is 1. The molecule has 1 aromatic rings. The Morgan fingerprint density at radius 1 is 1.33 bits per heavy atom. The first kappa shape index (κ1) is 14.5. The molecule has 6 heteroatoms. The highest BCUT2D eigenvalue weighted by molar-refractivity contribution is 5.81. The Morgan fingerprint density at radius 3 is 2.76 bits per heavy atom. The number of aromatic nitrogens is 2. The third-order valence-corrected chi connectivity index (χ3v) is 4.43. The van der Waals surface area contributed by atoms with Crippen LogP contribution in [0.3, 0.4) is 0 Å². The van der Waals surface area contributed by atoms with E-state index in [1.54, 1.807) is 0 Å². The summed E-state index contributed by atoms with van der Waals surface area (Å²) in [5.74, 6) is 0.212. The minimum Gasteiger partial charge on any atom is -0.373 e. The Morgan fingerprint density at radius 2 is 2.05 bits per heavy atom. The quantitative estimate of drug-likeness (QED) is 0.806. The van der Waals surface area contributed by atoms with Crippen molar-refractivity contribution < 1.29 is 9.53 Å². The number of imidazole rings is 1. The Kier molecular flexibility index (Phi) is 3.99. The number of carbonyl (C=O) groups excluding carboxylic acids is 1. The first-order valence-corrected chi connectivity index (χ1v) is 7.72. The topological polar surface area (TPSA) is 50.6 Å². The molecule has 0 aromatic carbocycles. The van der Waals surface area contributed by atoms with Crippen LogP contribution in [0.4, 0.5) is 0 Å². The van der Waals surface area contributed by atoms with E-state index in [0.717, 1.165) is 31.9 Å². The molecule has 6 nitrogen and oxygen atoms in total. The van der Waals surface area contributed by atoms with E-state index in [2.05, 4.69) is 28.3 Å². The average molecular weight is 292 g/mol. The molecule has 0 N–H and O–H groups in total. The summed E-state index contributed by atoms with van der Waals surface area (Å²) in [5, 5.41) is 0. The van der Waals surface area contributed by atoms with Crippen molar-refractivity contribution in [2.45, 2.75) is 52.1 Å². The van der Waals surface area contributed by atoms with E-state index in [0.29, 0.717) is 6.54 Å². The van der Waals surface area contributed by atoms with Gasteiger partial charge < -0.3 is 14.2 Å². The van der Waals surface area contributed by atoms with Gasteiger partial charge in [0, 0.05) is 32.4 Å². The van der Waals surface area contributed by atoms with Crippen molar-refractivity contribution in [3.05, 3.63) is 18.2 Å². The summed E-state index contributed by atoms with van der Waals surface area (Å²) < 4.78 is 7.87. The standard InChI is InChI=1S/C15H24N4O2/c1-11-7-19(8-12(2)21-11)13(3)15(20)17-4-5-18-10-16-6-14(18)9-17/h6,10-13H,4-5,7-9H2,1-3H3/t11-,12+,13?. The molecule has 0 aliphatic carbocycles. The van der Waals surface area contributed by atoms with Crippen LogP contribution in [0.2, 0.25) is 0 Å². The summed E-state index contributed by atoms with van der Waals surface area (Å²) in [5.41, 5.74) is 1.12. The van der Waals surface area contributed by atoms with Gasteiger partial charge in [0.25, 0.3) is 0 Å². The van der Waals surface area contributed by atoms with Gasteiger partial charge in [-0.1, -0.05) is 0 Å². The summed E-state index contributed by atoms with van der Waals surface area (Å²) in [4.78, 5) is 21.1. The van der Waals surface area contributed by atoms with Gasteiger partial charge in [-0.25, -0.2) is 4.98 Å². The highest BCUT2D eigenvalue weighted by atomic mass is 16.5. The predicted molar refractivity (Wildman–Crippen MR) is 78.7 cm³/mol. The molecule has 2 aliphatic heterocycles. The van der Waals surface area contributed by atoms with Gasteiger partial charge in [-0.05, 0) is 20.8 Å². The van der Waals surface area contributed by atoms with Crippen molar-refractivity contribution in [3.8, 4) is 0 Å². The predicted octanol–water partition coefficient (Wildman–Crippen LogP) is 0.723. The smallest absolute Gasteiger partial charge is 0.240 e.